The van der Waals surface area contributed by atoms with Crippen LogP contribution in [0.5, 0.6) is 5.75 Å². The Morgan fingerprint density at radius 1 is 1.06 bits per heavy atom. The summed E-state index contributed by atoms with van der Waals surface area (Å²) in [6.07, 6.45) is -3.22. The number of primary amides is 1. The van der Waals surface area contributed by atoms with Gasteiger partial charge in [-0.3, -0.25) is 9.59 Å². The number of ether oxygens (including phenoxy) is 1. The van der Waals surface area contributed by atoms with Gasteiger partial charge >= 0.3 is 6.18 Å². The maximum atomic E-state index is 13.3. The molecule has 0 spiro atoms. The predicted molar refractivity (Wildman–Crippen MR) is 121 cm³/mol. The summed E-state index contributed by atoms with van der Waals surface area (Å²) in [5, 5.41) is 4.48. The molecule has 2 N–H and O–H groups in total. The standard InChI is InChI=1S/C24H17F3N4O3/c25-24(26,27)17-7-4-6-16(12-17)22-30-20-10-2-1-9-19(20)23(33)31(22)29-13-15-5-3-8-18(11-15)34-14-21(28)32/h1-13H,14H2,(H2,28,32). The van der Waals surface area contributed by atoms with E-state index >= 15 is 0 Å². The predicted octanol–water partition coefficient (Wildman–Crippen LogP) is 3.83. The molecule has 4 aromatic rings. The van der Waals surface area contributed by atoms with Crippen LogP contribution in [-0.4, -0.2) is 28.4 Å². The molecule has 10 heteroatoms. The summed E-state index contributed by atoms with van der Waals surface area (Å²) < 4.78 is 46.0. The highest BCUT2D eigenvalue weighted by molar-refractivity contribution is 5.82. The van der Waals surface area contributed by atoms with Crippen molar-refractivity contribution in [2.45, 2.75) is 6.18 Å². The van der Waals surface area contributed by atoms with Gasteiger partial charge in [-0.2, -0.15) is 22.9 Å². The lowest BCUT2D eigenvalue weighted by atomic mass is 10.1. The summed E-state index contributed by atoms with van der Waals surface area (Å²) >= 11 is 0. The molecule has 0 unspecified atom stereocenters. The maximum Gasteiger partial charge on any atom is 0.416 e. The summed E-state index contributed by atoms with van der Waals surface area (Å²) in [5.74, 6) is -0.337. The SMILES string of the molecule is NC(=O)COc1cccc(C=Nn2c(-c3cccc(C(F)(F)F)c3)nc3ccccc3c2=O)c1. The first kappa shape index (κ1) is 22.7. The molecule has 7 nitrogen and oxygen atoms in total. The molecule has 1 aromatic heterocycles. The van der Waals surface area contributed by atoms with Gasteiger partial charge in [-0.1, -0.05) is 36.4 Å². The van der Waals surface area contributed by atoms with Crippen molar-refractivity contribution in [1.82, 2.24) is 9.66 Å². The Labute approximate surface area is 190 Å². The van der Waals surface area contributed by atoms with Crippen molar-refractivity contribution < 1.29 is 22.7 Å². The van der Waals surface area contributed by atoms with Gasteiger partial charge in [0.1, 0.15) is 5.75 Å². The maximum absolute atomic E-state index is 13.3. The normalized spacial score (nSPS) is 11.7. The molecule has 0 atom stereocenters. The van der Waals surface area contributed by atoms with Crippen LogP contribution in [0.4, 0.5) is 13.2 Å². The summed E-state index contributed by atoms with van der Waals surface area (Å²) in [6.45, 7) is -0.311. The van der Waals surface area contributed by atoms with Crippen LogP contribution in [0.3, 0.4) is 0 Å². The lowest BCUT2D eigenvalue weighted by molar-refractivity contribution is -0.137. The quantitative estimate of drug-likeness (QED) is 0.437. The van der Waals surface area contributed by atoms with Crippen molar-refractivity contribution in [3.63, 3.8) is 0 Å². The minimum atomic E-state index is -4.56. The molecule has 0 aliphatic heterocycles. The number of hydrogen-bond acceptors (Lipinski definition) is 5. The zero-order chi connectivity index (χ0) is 24.3. The Balaban J connectivity index is 1.83. The van der Waals surface area contributed by atoms with Gasteiger partial charge < -0.3 is 10.5 Å². The fourth-order valence-electron chi connectivity index (χ4n) is 3.22. The van der Waals surface area contributed by atoms with Gasteiger partial charge in [0.05, 0.1) is 22.7 Å². The second kappa shape index (κ2) is 9.18. The number of hydrogen-bond donors (Lipinski definition) is 1. The monoisotopic (exact) mass is 466 g/mol. The second-order valence-electron chi connectivity index (χ2n) is 7.22. The Morgan fingerprint density at radius 3 is 2.59 bits per heavy atom. The van der Waals surface area contributed by atoms with Crippen LogP contribution in [0.1, 0.15) is 11.1 Å². The third-order valence-electron chi connectivity index (χ3n) is 4.76. The van der Waals surface area contributed by atoms with E-state index in [1.54, 1.807) is 48.5 Å². The molecule has 0 radical (unpaired) electrons. The highest BCUT2D eigenvalue weighted by Gasteiger charge is 2.30. The number of halogens is 3. The first-order chi connectivity index (χ1) is 16.2. The Bertz CT molecular complexity index is 1460. The number of carbonyl (C=O) groups excluding carboxylic acids is 1. The third kappa shape index (κ3) is 4.96. The zero-order valence-electron chi connectivity index (χ0n) is 17.5. The van der Waals surface area contributed by atoms with E-state index in [1.807, 2.05) is 0 Å². The fraction of sp³-hybridized carbons (Fsp3) is 0.0833. The van der Waals surface area contributed by atoms with E-state index in [2.05, 4.69) is 10.1 Å². The first-order valence-corrected chi connectivity index (χ1v) is 9.97. The van der Waals surface area contributed by atoms with Gasteiger partial charge in [-0.25, -0.2) is 4.98 Å². The third-order valence-corrected chi connectivity index (χ3v) is 4.76. The molecular formula is C24H17F3N4O3. The van der Waals surface area contributed by atoms with E-state index in [4.69, 9.17) is 10.5 Å². The Kier molecular flexibility index (Phi) is 6.13. The van der Waals surface area contributed by atoms with Gasteiger partial charge in [0.25, 0.3) is 11.5 Å². The molecule has 0 bridgehead atoms. The molecule has 0 saturated carbocycles. The first-order valence-electron chi connectivity index (χ1n) is 9.97. The van der Waals surface area contributed by atoms with Crippen LogP contribution in [0, 0.1) is 0 Å². The van der Waals surface area contributed by atoms with Crippen molar-refractivity contribution in [1.29, 1.82) is 0 Å². The number of alkyl halides is 3. The van der Waals surface area contributed by atoms with E-state index in [9.17, 15) is 22.8 Å². The molecular weight excluding hydrogens is 449 g/mol. The molecule has 4 rings (SSSR count). The topological polar surface area (TPSA) is 99.6 Å². The van der Waals surface area contributed by atoms with Crippen molar-refractivity contribution in [3.8, 4) is 17.1 Å². The molecule has 1 amide bonds. The zero-order valence-corrected chi connectivity index (χ0v) is 17.5. The fourth-order valence-corrected chi connectivity index (χ4v) is 3.22. The highest BCUT2D eigenvalue weighted by Crippen LogP contribution is 2.31. The number of amides is 1. The summed E-state index contributed by atoms with van der Waals surface area (Å²) in [5.41, 5.74) is 4.58. The molecule has 3 aromatic carbocycles. The van der Waals surface area contributed by atoms with Gasteiger partial charge in [-0.15, -0.1) is 0 Å². The smallest absolute Gasteiger partial charge is 0.416 e. The van der Waals surface area contributed by atoms with Crippen LogP contribution < -0.4 is 16.0 Å². The van der Waals surface area contributed by atoms with Gasteiger partial charge in [0.15, 0.2) is 12.4 Å². The number of rotatable bonds is 6. The minimum Gasteiger partial charge on any atom is -0.484 e. The molecule has 0 fully saturated rings. The van der Waals surface area contributed by atoms with E-state index in [1.165, 1.54) is 18.3 Å². The lowest BCUT2D eigenvalue weighted by Crippen LogP contribution is -2.20. The van der Waals surface area contributed by atoms with Crippen LogP contribution in [0.15, 0.2) is 82.7 Å². The minimum absolute atomic E-state index is 0.0489. The summed E-state index contributed by atoms with van der Waals surface area (Å²) in [7, 11) is 0. The van der Waals surface area contributed by atoms with Gasteiger partial charge in [0, 0.05) is 5.56 Å². The summed E-state index contributed by atoms with van der Waals surface area (Å²) in [4.78, 5) is 28.5. The number of benzene rings is 3. The van der Waals surface area contributed by atoms with Crippen molar-refractivity contribution in [2.24, 2.45) is 10.8 Å². The number of para-hydroxylation sites is 1. The molecule has 172 valence electrons. The molecule has 0 saturated heterocycles. The average molecular weight is 466 g/mol. The van der Waals surface area contributed by atoms with Crippen LogP contribution in [0.2, 0.25) is 0 Å². The van der Waals surface area contributed by atoms with Crippen molar-refractivity contribution >= 4 is 23.0 Å². The molecule has 0 aliphatic rings. The Morgan fingerprint density at radius 2 is 1.82 bits per heavy atom. The van der Waals surface area contributed by atoms with Crippen molar-refractivity contribution in [3.05, 3.63) is 94.3 Å². The lowest BCUT2D eigenvalue weighted by Gasteiger charge is -2.12. The second-order valence-corrected chi connectivity index (χ2v) is 7.22. The number of nitrogens with zero attached hydrogens (tertiary/aromatic N) is 3. The summed E-state index contributed by atoms with van der Waals surface area (Å²) in [6, 6.07) is 17.5. The number of carbonyl (C=O) groups is 1. The Hall–Kier alpha value is -4.47. The van der Waals surface area contributed by atoms with Crippen LogP contribution in [-0.2, 0) is 11.0 Å². The highest BCUT2D eigenvalue weighted by atomic mass is 19.4. The molecule has 0 aliphatic carbocycles. The van der Waals surface area contributed by atoms with Crippen LogP contribution >= 0.6 is 0 Å². The van der Waals surface area contributed by atoms with E-state index in [0.29, 0.717) is 16.8 Å². The number of nitrogens with two attached hydrogens (primary N) is 1. The molecule has 1 heterocycles. The number of aromatic nitrogens is 2. The van der Waals surface area contributed by atoms with E-state index in [0.717, 1.165) is 16.8 Å². The van der Waals surface area contributed by atoms with E-state index in [-0.39, 0.29) is 23.4 Å². The van der Waals surface area contributed by atoms with Crippen LogP contribution in [0.25, 0.3) is 22.3 Å². The number of fused-ring (bicyclic) bond motifs is 1. The van der Waals surface area contributed by atoms with Gasteiger partial charge in [-0.05, 0) is 42.0 Å². The molecule has 34 heavy (non-hydrogen) atoms. The average Bonchev–Trinajstić information content (AvgIpc) is 2.82. The largest absolute Gasteiger partial charge is 0.484 e. The van der Waals surface area contributed by atoms with Gasteiger partial charge in [0.2, 0.25) is 0 Å². The van der Waals surface area contributed by atoms with Crippen molar-refractivity contribution in [2.75, 3.05) is 6.61 Å². The van der Waals surface area contributed by atoms with E-state index < -0.39 is 23.2 Å².